The topological polar surface area (TPSA) is 143 Å². The van der Waals surface area contributed by atoms with E-state index in [1.165, 1.54) is 12.8 Å². The molecule has 0 saturated heterocycles. The van der Waals surface area contributed by atoms with Gasteiger partial charge >= 0.3 is 11.9 Å². The highest BCUT2D eigenvalue weighted by Gasteiger charge is 2.31. The molecule has 0 saturated carbocycles. The van der Waals surface area contributed by atoms with Crippen molar-refractivity contribution in [3.8, 4) is 34.4 Å². The number of ketones is 1. The molecule has 0 N–H and O–H groups in total. The van der Waals surface area contributed by atoms with Crippen LogP contribution in [0, 0.1) is 34.5 Å². The van der Waals surface area contributed by atoms with E-state index in [0.29, 0.717) is 42.0 Å². The maximum atomic E-state index is 12.7. The third-order valence-electron chi connectivity index (χ3n) is 9.82. The van der Waals surface area contributed by atoms with Gasteiger partial charge in [0.15, 0.2) is 0 Å². The van der Waals surface area contributed by atoms with Gasteiger partial charge in [-0.15, -0.1) is 0 Å². The van der Waals surface area contributed by atoms with Crippen molar-refractivity contribution in [2.24, 2.45) is 11.8 Å². The minimum absolute atomic E-state index is 0.0326. The Bertz CT molecular complexity index is 1960. The normalized spacial score (nSPS) is 13.4. The van der Waals surface area contributed by atoms with Crippen LogP contribution in [0.2, 0.25) is 0 Å². The van der Waals surface area contributed by atoms with Crippen molar-refractivity contribution in [1.82, 2.24) is 9.97 Å². The van der Waals surface area contributed by atoms with Gasteiger partial charge in [-0.3, -0.25) is 19.6 Å². The highest BCUT2D eigenvalue weighted by atomic mass is 16.5. The average molecular weight is 739 g/mol. The molecule has 6 rings (SSSR count). The number of carbonyl (C=O) groups excluding carboxylic acids is 3. The molecule has 9 nitrogen and oxygen atoms in total. The molecule has 0 spiro atoms. The summed E-state index contributed by atoms with van der Waals surface area (Å²) in [4.78, 5) is 44.0. The zero-order chi connectivity index (χ0) is 39.6. The molecule has 4 aromatic rings. The molecule has 2 atom stereocenters. The average Bonchev–Trinajstić information content (AvgIpc) is 3.71. The number of ether oxygens (including phenoxy) is 2. The van der Waals surface area contributed by atoms with Crippen molar-refractivity contribution in [2.75, 3.05) is 13.2 Å². The van der Waals surface area contributed by atoms with Crippen LogP contribution in [0.3, 0.4) is 0 Å². The molecule has 9 heteroatoms. The second kappa shape index (κ2) is 21.7. The van der Waals surface area contributed by atoms with Crippen LogP contribution in [0.15, 0.2) is 90.8 Å². The quantitative estimate of drug-likeness (QED) is 0.0606. The fourth-order valence-corrected chi connectivity index (χ4v) is 6.58. The fourth-order valence-electron chi connectivity index (χ4n) is 6.58. The van der Waals surface area contributed by atoms with E-state index in [1.807, 2.05) is 72.8 Å². The molecule has 0 fully saturated rings. The van der Waals surface area contributed by atoms with Crippen molar-refractivity contribution >= 4 is 23.3 Å². The van der Waals surface area contributed by atoms with Crippen LogP contribution in [0.25, 0.3) is 27.8 Å². The van der Waals surface area contributed by atoms with Crippen molar-refractivity contribution in [1.29, 1.82) is 10.5 Å². The van der Waals surface area contributed by atoms with Crippen molar-refractivity contribution in [2.45, 2.75) is 85.5 Å². The lowest BCUT2D eigenvalue weighted by atomic mass is 10.00. The van der Waals surface area contributed by atoms with Crippen LogP contribution in [0.5, 0.6) is 0 Å². The van der Waals surface area contributed by atoms with Gasteiger partial charge in [-0.25, -0.2) is 4.79 Å². The van der Waals surface area contributed by atoms with E-state index in [2.05, 4.69) is 43.7 Å². The summed E-state index contributed by atoms with van der Waals surface area (Å²) in [5.41, 5.74) is 7.37. The van der Waals surface area contributed by atoms with Gasteiger partial charge in [-0.1, -0.05) is 127 Å². The van der Waals surface area contributed by atoms with Crippen LogP contribution in [0.4, 0.5) is 0 Å². The molecule has 0 bridgehead atoms. The number of benzene rings is 2. The molecule has 0 radical (unpaired) electrons. The molecule has 0 aliphatic heterocycles. The Morgan fingerprint density at radius 1 is 0.655 bits per heavy atom. The first kappa shape index (κ1) is 41.8. The standard InChI is InChI=1S/C23H24N2O2.C12H7NO.C11H19NO2/c1-3-5-9-16(4-2)15-27-23(26)20(14-24)21-18-11-7-6-10-17(18)19-12-8-13-25-22(19)21;14-12-10-5-2-1-4-8(10)9-6-3-7-13-11(9)12;1-3-5-6-10(4-2)9-14-11(13)7-8-12/h6-8,10-13,16H,3-5,9,15H2,1-2H3;1-7H;10H,3-7,9H2,1-2H3/b21-20-;;. The Kier molecular flexibility index (Phi) is 16.5. The van der Waals surface area contributed by atoms with Gasteiger partial charge in [0.2, 0.25) is 5.78 Å². The number of unbranched alkanes of at least 4 members (excludes halogenated alkanes) is 2. The predicted molar refractivity (Wildman–Crippen MR) is 213 cm³/mol. The second-order valence-corrected chi connectivity index (χ2v) is 13.5. The summed E-state index contributed by atoms with van der Waals surface area (Å²) in [5, 5.41) is 18.0. The Balaban J connectivity index is 0.000000202. The van der Waals surface area contributed by atoms with Crippen LogP contribution in [-0.4, -0.2) is 40.9 Å². The van der Waals surface area contributed by atoms with Gasteiger partial charge in [0.05, 0.1) is 25.0 Å². The number of nitriles is 2. The summed E-state index contributed by atoms with van der Waals surface area (Å²) in [6.07, 6.45) is 11.9. The second-order valence-electron chi connectivity index (χ2n) is 13.5. The van der Waals surface area contributed by atoms with Gasteiger partial charge in [0.25, 0.3) is 0 Å². The monoisotopic (exact) mass is 738 g/mol. The number of hydrogen-bond acceptors (Lipinski definition) is 9. The van der Waals surface area contributed by atoms with Crippen LogP contribution < -0.4 is 0 Å². The molecule has 2 heterocycles. The molecular formula is C46H50N4O5. The molecule has 0 amide bonds. The molecule has 2 aromatic carbocycles. The van der Waals surface area contributed by atoms with Crippen LogP contribution in [-0.2, 0) is 19.1 Å². The number of aromatic nitrogens is 2. The number of pyridine rings is 2. The number of rotatable bonds is 14. The Hall–Kier alpha value is -5.93. The third-order valence-corrected chi connectivity index (χ3v) is 9.82. The summed E-state index contributed by atoms with van der Waals surface area (Å²) in [7, 11) is 0. The number of nitrogens with zero attached hydrogens (tertiary/aromatic N) is 4. The van der Waals surface area contributed by atoms with E-state index in [-0.39, 0.29) is 17.8 Å². The smallest absolute Gasteiger partial charge is 0.349 e. The minimum Gasteiger partial charge on any atom is -0.465 e. The Morgan fingerprint density at radius 3 is 1.69 bits per heavy atom. The third kappa shape index (κ3) is 10.8. The molecule has 2 aromatic heterocycles. The van der Waals surface area contributed by atoms with Crippen LogP contribution >= 0.6 is 0 Å². The molecule has 2 aliphatic carbocycles. The maximum absolute atomic E-state index is 12.7. The highest BCUT2D eigenvalue weighted by molar-refractivity contribution is 6.20. The SMILES string of the molecule is CCCCC(CC)COC(=O)/C(C#N)=C1/c2ccccc2-c2cccnc21.CCCCC(CC)COC(=O)CC#N.O=C1c2ccccc2-c2cccnc21. The van der Waals surface area contributed by atoms with E-state index in [9.17, 15) is 19.6 Å². The first-order valence-corrected chi connectivity index (χ1v) is 19.3. The van der Waals surface area contributed by atoms with Crippen molar-refractivity contribution in [3.63, 3.8) is 0 Å². The number of fused-ring (bicyclic) bond motifs is 6. The summed E-state index contributed by atoms with van der Waals surface area (Å²) >= 11 is 0. The van der Waals surface area contributed by atoms with Crippen molar-refractivity contribution in [3.05, 3.63) is 113 Å². The fraction of sp³-hybridized carbons (Fsp3) is 0.370. The Morgan fingerprint density at radius 2 is 1.15 bits per heavy atom. The summed E-state index contributed by atoms with van der Waals surface area (Å²) in [6, 6.07) is 26.9. The Labute approximate surface area is 325 Å². The lowest BCUT2D eigenvalue weighted by molar-refractivity contribution is -0.144. The maximum Gasteiger partial charge on any atom is 0.349 e. The first-order chi connectivity index (χ1) is 26.8. The number of carbonyl (C=O) groups is 3. The summed E-state index contributed by atoms with van der Waals surface area (Å²) in [6.45, 7) is 9.32. The molecular weight excluding hydrogens is 689 g/mol. The zero-order valence-electron chi connectivity index (χ0n) is 32.3. The number of hydrogen-bond donors (Lipinski definition) is 0. The summed E-state index contributed by atoms with van der Waals surface area (Å²) < 4.78 is 10.5. The molecule has 55 heavy (non-hydrogen) atoms. The molecule has 2 unspecified atom stereocenters. The van der Waals surface area contributed by atoms with E-state index < -0.39 is 11.9 Å². The zero-order valence-corrected chi connectivity index (χ0v) is 32.3. The van der Waals surface area contributed by atoms with Gasteiger partial charge in [0.1, 0.15) is 23.8 Å². The van der Waals surface area contributed by atoms with Gasteiger partial charge in [-0.2, -0.15) is 10.5 Å². The minimum atomic E-state index is -0.559. The van der Waals surface area contributed by atoms with Gasteiger partial charge in [-0.05, 0) is 53.5 Å². The highest BCUT2D eigenvalue weighted by Crippen LogP contribution is 2.44. The van der Waals surface area contributed by atoms with E-state index in [0.717, 1.165) is 71.9 Å². The van der Waals surface area contributed by atoms with Gasteiger partial charge < -0.3 is 9.47 Å². The largest absolute Gasteiger partial charge is 0.465 e. The van der Waals surface area contributed by atoms with Crippen molar-refractivity contribution < 1.29 is 23.9 Å². The van der Waals surface area contributed by atoms with E-state index in [1.54, 1.807) is 18.5 Å². The predicted octanol–water partition coefficient (Wildman–Crippen LogP) is 10.1. The van der Waals surface area contributed by atoms with E-state index in [4.69, 9.17) is 14.7 Å². The lowest BCUT2D eigenvalue weighted by Gasteiger charge is -2.15. The number of esters is 2. The van der Waals surface area contributed by atoms with Crippen LogP contribution in [0.1, 0.15) is 113 Å². The molecule has 284 valence electrons. The van der Waals surface area contributed by atoms with Gasteiger partial charge in [0, 0.05) is 34.7 Å². The summed E-state index contributed by atoms with van der Waals surface area (Å²) in [5.74, 6) is -0.132. The first-order valence-electron chi connectivity index (χ1n) is 19.3. The van der Waals surface area contributed by atoms with E-state index >= 15 is 0 Å². The lowest BCUT2D eigenvalue weighted by Crippen LogP contribution is -2.16. The molecule has 2 aliphatic rings.